The fourth-order valence-electron chi connectivity index (χ4n) is 6.14. The van der Waals surface area contributed by atoms with Crippen molar-refractivity contribution in [2.24, 2.45) is 0 Å². The number of allylic oxidation sites excluding steroid dienone is 2. The summed E-state index contributed by atoms with van der Waals surface area (Å²) in [6, 6.07) is -0.610. The Hall–Kier alpha value is -1.93. The van der Waals surface area contributed by atoms with Crippen LogP contribution in [0.1, 0.15) is 187 Å². The van der Waals surface area contributed by atoms with Crippen molar-refractivity contribution in [2.45, 2.75) is 199 Å². The number of carboxylic acid groups (broad SMARTS) is 1. The van der Waals surface area contributed by atoms with Gasteiger partial charge in [-0.15, -0.1) is 0 Å². The van der Waals surface area contributed by atoms with E-state index in [0.717, 1.165) is 44.9 Å². The van der Waals surface area contributed by atoms with Crippen LogP contribution in [-0.4, -0.2) is 80.6 Å². The number of hydrogen-bond acceptors (Lipinski definition) is 6. The van der Waals surface area contributed by atoms with E-state index in [9.17, 15) is 19.5 Å². The molecule has 8 nitrogen and oxygen atoms in total. The molecule has 0 fully saturated rings. The lowest BCUT2D eigenvalue weighted by atomic mass is 10.1. The molecule has 0 heterocycles. The Morgan fingerprint density at radius 1 is 0.580 bits per heavy atom. The summed E-state index contributed by atoms with van der Waals surface area (Å²) in [6.45, 7) is 4.72. The van der Waals surface area contributed by atoms with Crippen LogP contribution in [0.15, 0.2) is 12.2 Å². The molecule has 0 aliphatic carbocycles. The van der Waals surface area contributed by atoms with E-state index in [2.05, 4.69) is 26.0 Å². The highest BCUT2D eigenvalue weighted by Gasteiger charge is 2.31. The third-order valence-electron chi connectivity index (χ3n) is 9.41. The molecule has 0 aromatic carbocycles. The summed E-state index contributed by atoms with van der Waals surface area (Å²) in [5.41, 5.74) is 0. The monoisotopic (exact) mass is 711 g/mol. The van der Waals surface area contributed by atoms with E-state index in [4.69, 9.17) is 14.2 Å². The van der Waals surface area contributed by atoms with Crippen molar-refractivity contribution in [3.8, 4) is 0 Å². The Bertz CT molecular complexity index is 838. The van der Waals surface area contributed by atoms with Crippen molar-refractivity contribution in [3.05, 3.63) is 12.2 Å². The molecule has 0 spiro atoms. The van der Waals surface area contributed by atoms with Gasteiger partial charge in [-0.3, -0.25) is 9.59 Å². The second-order valence-electron chi connectivity index (χ2n) is 15.2. The van der Waals surface area contributed by atoms with Crippen molar-refractivity contribution in [3.63, 3.8) is 0 Å². The Labute approximate surface area is 308 Å². The largest absolute Gasteiger partial charge is 0.477 e. The van der Waals surface area contributed by atoms with Crippen LogP contribution in [0.5, 0.6) is 0 Å². The molecule has 0 saturated heterocycles. The fourth-order valence-corrected chi connectivity index (χ4v) is 6.14. The number of nitrogens with zero attached hydrogens (tertiary/aromatic N) is 1. The number of unbranched alkanes of at least 4 members (excludes halogenated alkanes) is 21. The normalized spacial score (nSPS) is 13.1. The zero-order chi connectivity index (χ0) is 37.1. The van der Waals surface area contributed by atoms with Crippen molar-refractivity contribution in [1.82, 2.24) is 0 Å². The van der Waals surface area contributed by atoms with Gasteiger partial charge in [-0.05, 0) is 38.5 Å². The van der Waals surface area contributed by atoms with Crippen LogP contribution in [-0.2, 0) is 28.6 Å². The van der Waals surface area contributed by atoms with Crippen LogP contribution < -0.4 is 0 Å². The predicted molar refractivity (Wildman–Crippen MR) is 206 cm³/mol. The maximum Gasteiger partial charge on any atom is 0.362 e. The molecule has 0 aromatic rings. The van der Waals surface area contributed by atoms with Crippen LogP contribution in [0, 0.1) is 0 Å². The van der Waals surface area contributed by atoms with Gasteiger partial charge in [0, 0.05) is 19.3 Å². The lowest BCUT2D eigenvalue weighted by Gasteiger charge is -2.31. The summed E-state index contributed by atoms with van der Waals surface area (Å²) < 4.78 is 17.2. The molecule has 0 bridgehead atoms. The minimum Gasteiger partial charge on any atom is -0.477 e. The number of esters is 2. The molecular weight excluding hydrogens is 630 g/mol. The molecule has 0 rings (SSSR count). The molecule has 0 saturated carbocycles. The summed E-state index contributed by atoms with van der Waals surface area (Å²) in [5.74, 6) is -1.47. The number of aliphatic carboxylic acids is 1. The standard InChI is InChI=1S/C42H79NO7/c1-6-8-10-12-14-16-18-19-20-21-22-23-25-26-28-30-32-40(44)49-37-38(36-48-35-34-39(42(46)47)43(3,4)5)50-41(45)33-31-29-27-24-17-15-13-11-9-7-2/h20-21,38-39H,6-19,22-37H2,1-5H3/p+1/b21-20+. The number of likely N-dealkylation sites (N-methyl/N-ethyl adjacent to an activating group) is 1. The van der Waals surface area contributed by atoms with Gasteiger partial charge in [0.2, 0.25) is 0 Å². The molecule has 0 aliphatic heterocycles. The molecule has 8 heteroatoms. The van der Waals surface area contributed by atoms with E-state index in [1.165, 1.54) is 109 Å². The first kappa shape index (κ1) is 48.1. The molecule has 294 valence electrons. The van der Waals surface area contributed by atoms with Gasteiger partial charge in [0.15, 0.2) is 12.1 Å². The molecule has 1 N–H and O–H groups in total. The summed E-state index contributed by atoms with van der Waals surface area (Å²) in [4.78, 5) is 36.8. The number of ether oxygens (including phenoxy) is 3. The zero-order valence-electron chi connectivity index (χ0n) is 33.4. The van der Waals surface area contributed by atoms with Gasteiger partial charge in [-0.2, -0.15) is 0 Å². The van der Waals surface area contributed by atoms with Gasteiger partial charge in [0.05, 0.1) is 34.4 Å². The Morgan fingerprint density at radius 2 is 1.00 bits per heavy atom. The number of carboxylic acids is 1. The van der Waals surface area contributed by atoms with E-state index in [-0.39, 0.29) is 36.2 Å². The molecule has 50 heavy (non-hydrogen) atoms. The molecule has 0 radical (unpaired) electrons. The van der Waals surface area contributed by atoms with Gasteiger partial charge in [0.1, 0.15) is 6.61 Å². The minimum atomic E-state index is -0.875. The van der Waals surface area contributed by atoms with E-state index in [1.807, 2.05) is 21.1 Å². The smallest absolute Gasteiger partial charge is 0.362 e. The predicted octanol–water partition coefficient (Wildman–Crippen LogP) is 10.7. The Kier molecular flexibility index (Phi) is 32.9. The van der Waals surface area contributed by atoms with Gasteiger partial charge < -0.3 is 23.8 Å². The highest BCUT2D eigenvalue weighted by Crippen LogP contribution is 2.14. The topological polar surface area (TPSA) is 99.1 Å². The van der Waals surface area contributed by atoms with Crippen LogP contribution in [0.2, 0.25) is 0 Å². The Balaban J connectivity index is 4.33. The van der Waals surface area contributed by atoms with E-state index in [1.54, 1.807) is 0 Å². The average Bonchev–Trinajstić information content (AvgIpc) is 3.06. The summed E-state index contributed by atoms with van der Waals surface area (Å²) in [6.07, 6.45) is 33.9. The lowest BCUT2D eigenvalue weighted by Crippen LogP contribution is -2.50. The van der Waals surface area contributed by atoms with Crippen molar-refractivity contribution < 1.29 is 38.2 Å². The molecule has 2 atom stereocenters. The number of carbonyl (C=O) groups excluding carboxylic acids is 2. The Morgan fingerprint density at radius 3 is 1.44 bits per heavy atom. The highest BCUT2D eigenvalue weighted by molar-refractivity contribution is 5.72. The maximum absolute atomic E-state index is 12.6. The molecule has 0 aliphatic rings. The molecule has 0 amide bonds. The van der Waals surface area contributed by atoms with E-state index < -0.39 is 18.1 Å². The fraction of sp³-hybridized carbons (Fsp3) is 0.881. The third-order valence-corrected chi connectivity index (χ3v) is 9.41. The summed E-state index contributed by atoms with van der Waals surface area (Å²) in [5, 5.41) is 9.59. The van der Waals surface area contributed by atoms with E-state index in [0.29, 0.717) is 19.3 Å². The summed E-state index contributed by atoms with van der Waals surface area (Å²) in [7, 11) is 5.52. The highest BCUT2D eigenvalue weighted by atomic mass is 16.6. The first-order valence-corrected chi connectivity index (χ1v) is 20.7. The van der Waals surface area contributed by atoms with Crippen LogP contribution in [0.25, 0.3) is 0 Å². The molecular formula is C42H80NO7+. The first-order chi connectivity index (χ1) is 24.1. The number of hydrogen-bond donors (Lipinski definition) is 1. The zero-order valence-corrected chi connectivity index (χ0v) is 33.4. The van der Waals surface area contributed by atoms with Gasteiger partial charge in [-0.25, -0.2) is 4.79 Å². The number of quaternary nitrogens is 1. The van der Waals surface area contributed by atoms with Gasteiger partial charge in [0.25, 0.3) is 0 Å². The lowest BCUT2D eigenvalue weighted by molar-refractivity contribution is -0.887. The third kappa shape index (κ3) is 32.0. The van der Waals surface area contributed by atoms with Gasteiger partial charge >= 0.3 is 17.9 Å². The van der Waals surface area contributed by atoms with Crippen molar-refractivity contribution in [2.75, 3.05) is 41.0 Å². The molecule has 2 unspecified atom stereocenters. The van der Waals surface area contributed by atoms with Crippen LogP contribution >= 0.6 is 0 Å². The minimum absolute atomic E-state index is 0.0501. The van der Waals surface area contributed by atoms with Crippen LogP contribution in [0.4, 0.5) is 0 Å². The first-order valence-electron chi connectivity index (χ1n) is 20.7. The SMILES string of the molecule is CCCCCCCCC/C=C/CCCCCCCC(=O)OCC(COCCC(C(=O)O)[N+](C)(C)C)OC(=O)CCCCCCCCCCCC. The quantitative estimate of drug-likeness (QED) is 0.0296. The maximum atomic E-state index is 12.6. The average molecular weight is 711 g/mol. The summed E-state index contributed by atoms with van der Waals surface area (Å²) >= 11 is 0. The number of carbonyl (C=O) groups is 3. The molecule has 0 aromatic heterocycles. The van der Waals surface area contributed by atoms with Gasteiger partial charge in [-0.1, -0.05) is 142 Å². The van der Waals surface area contributed by atoms with Crippen LogP contribution in [0.3, 0.4) is 0 Å². The van der Waals surface area contributed by atoms with Crippen molar-refractivity contribution >= 4 is 17.9 Å². The second-order valence-corrected chi connectivity index (χ2v) is 15.2. The number of rotatable bonds is 37. The second kappa shape index (κ2) is 34.2. The van der Waals surface area contributed by atoms with E-state index >= 15 is 0 Å². The van der Waals surface area contributed by atoms with Crippen molar-refractivity contribution in [1.29, 1.82) is 0 Å².